The minimum Gasteiger partial charge on any atom is -0.326 e. The quantitative estimate of drug-likeness (QED) is 0.821. The summed E-state index contributed by atoms with van der Waals surface area (Å²) >= 11 is 7.50. The molecule has 2 nitrogen and oxygen atoms in total. The zero-order valence-electron chi connectivity index (χ0n) is 8.80. The Hall–Kier alpha value is -0.480. The van der Waals surface area contributed by atoms with Crippen molar-refractivity contribution in [2.24, 2.45) is 0 Å². The molecule has 0 aromatic heterocycles. The van der Waals surface area contributed by atoms with Gasteiger partial charge in [0.1, 0.15) is 0 Å². The number of hydrogen-bond acceptors (Lipinski definition) is 2. The second kappa shape index (κ2) is 5.56. The lowest BCUT2D eigenvalue weighted by Crippen LogP contribution is -2.12. The number of carbonyl (C=O) groups is 1. The second-order valence-electron chi connectivity index (χ2n) is 3.45. The van der Waals surface area contributed by atoms with E-state index in [9.17, 15) is 4.79 Å². The molecule has 0 aliphatic rings. The van der Waals surface area contributed by atoms with Crippen molar-refractivity contribution in [1.29, 1.82) is 0 Å². The molecule has 0 spiro atoms. The molecule has 1 aromatic rings. The van der Waals surface area contributed by atoms with Crippen molar-refractivity contribution >= 4 is 40.2 Å². The van der Waals surface area contributed by atoms with Crippen LogP contribution < -0.4 is 5.32 Å². The largest absolute Gasteiger partial charge is 0.326 e. The van der Waals surface area contributed by atoms with Crippen LogP contribution in [0.5, 0.6) is 0 Å². The van der Waals surface area contributed by atoms with Crippen LogP contribution in [0.2, 0.25) is 0 Å². The molecule has 0 aliphatic carbocycles. The summed E-state index contributed by atoms with van der Waals surface area (Å²) < 4.78 is 1.09. The summed E-state index contributed by atoms with van der Waals surface area (Å²) in [6, 6.07) is 3.90. The maximum Gasteiger partial charge on any atom is 0.225 e. The summed E-state index contributed by atoms with van der Waals surface area (Å²) in [5.74, 6) is 0.575. The van der Waals surface area contributed by atoms with Crippen molar-refractivity contribution in [1.82, 2.24) is 0 Å². The van der Waals surface area contributed by atoms with Crippen LogP contribution in [0.3, 0.4) is 0 Å². The Morgan fingerprint density at radius 1 is 1.40 bits per heavy atom. The number of thiol groups is 1. The Labute approximate surface area is 104 Å². The van der Waals surface area contributed by atoms with Gasteiger partial charge in [-0.1, -0.05) is 15.9 Å². The average molecular weight is 288 g/mol. The fraction of sp³-hybridized carbons (Fsp3) is 0.364. The number of nitrogens with one attached hydrogen (secondary N) is 1. The Kier molecular flexibility index (Phi) is 4.67. The van der Waals surface area contributed by atoms with Gasteiger partial charge in [0, 0.05) is 16.6 Å². The molecule has 4 heteroatoms. The summed E-state index contributed by atoms with van der Waals surface area (Å²) in [7, 11) is 0. The molecule has 15 heavy (non-hydrogen) atoms. The van der Waals surface area contributed by atoms with E-state index in [2.05, 4.69) is 33.9 Å². The van der Waals surface area contributed by atoms with E-state index in [1.54, 1.807) is 0 Å². The first-order valence-corrected chi connectivity index (χ1v) is 6.14. The first kappa shape index (κ1) is 12.6. The topological polar surface area (TPSA) is 29.1 Å². The number of halogens is 1. The van der Waals surface area contributed by atoms with E-state index in [0.717, 1.165) is 21.3 Å². The lowest BCUT2D eigenvalue weighted by Gasteiger charge is -2.09. The standard InChI is InChI=1S/C11H14BrNOS/c1-7-5-9(6-8(2)11(7)12)13-10(14)3-4-15/h5-6,15H,3-4H2,1-2H3,(H,13,14). The van der Waals surface area contributed by atoms with Gasteiger partial charge < -0.3 is 5.32 Å². The van der Waals surface area contributed by atoms with Crippen molar-refractivity contribution in [3.8, 4) is 0 Å². The van der Waals surface area contributed by atoms with Gasteiger partial charge in [-0.15, -0.1) is 0 Å². The van der Waals surface area contributed by atoms with E-state index in [-0.39, 0.29) is 5.91 Å². The number of amides is 1. The molecule has 0 atom stereocenters. The van der Waals surface area contributed by atoms with Crippen LogP contribution >= 0.6 is 28.6 Å². The maximum absolute atomic E-state index is 11.3. The van der Waals surface area contributed by atoms with E-state index < -0.39 is 0 Å². The van der Waals surface area contributed by atoms with Gasteiger partial charge in [-0.05, 0) is 42.9 Å². The van der Waals surface area contributed by atoms with Gasteiger partial charge in [0.05, 0.1) is 0 Å². The van der Waals surface area contributed by atoms with Gasteiger partial charge >= 0.3 is 0 Å². The summed E-state index contributed by atoms with van der Waals surface area (Å²) in [5.41, 5.74) is 3.09. The molecule has 0 heterocycles. The van der Waals surface area contributed by atoms with Gasteiger partial charge in [-0.2, -0.15) is 12.6 Å². The van der Waals surface area contributed by atoms with Crippen LogP contribution in [-0.4, -0.2) is 11.7 Å². The van der Waals surface area contributed by atoms with Gasteiger partial charge in [0.15, 0.2) is 0 Å². The molecular formula is C11H14BrNOS. The van der Waals surface area contributed by atoms with E-state index in [1.807, 2.05) is 26.0 Å². The molecule has 1 rings (SSSR count). The van der Waals surface area contributed by atoms with Crippen LogP contribution in [0, 0.1) is 13.8 Å². The molecule has 0 saturated heterocycles. The number of carbonyl (C=O) groups excluding carboxylic acids is 1. The van der Waals surface area contributed by atoms with Gasteiger partial charge in [0.25, 0.3) is 0 Å². The Morgan fingerprint density at radius 3 is 2.40 bits per heavy atom. The van der Waals surface area contributed by atoms with Crippen LogP contribution in [-0.2, 0) is 4.79 Å². The van der Waals surface area contributed by atoms with Crippen molar-refractivity contribution in [2.75, 3.05) is 11.1 Å². The third-order valence-corrected chi connectivity index (χ3v) is 3.53. The molecule has 0 aliphatic heterocycles. The van der Waals surface area contributed by atoms with Crippen LogP contribution in [0.4, 0.5) is 5.69 Å². The zero-order chi connectivity index (χ0) is 11.4. The van der Waals surface area contributed by atoms with Crippen molar-refractivity contribution in [2.45, 2.75) is 20.3 Å². The van der Waals surface area contributed by atoms with Crippen molar-refractivity contribution in [3.63, 3.8) is 0 Å². The molecule has 1 aromatic carbocycles. The highest BCUT2D eigenvalue weighted by atomic mass is 79.9. The van der Waals surface area contributed by atoms with Crippen LogP contribution in [0.1, 0.15) is 17.5 Å². The SMILES string of the molecule is Cc1cc(NC(=O)CCS)cc(C)c1Br. The molecule has 0 saturated carbocycles. The second-order valence-corrected chi connectivity index (χ2v) is 4.69. The summed E-state index contributed by atoms with van der Waals surface area (Å²) in [6.07, 6.45) is 0.442. The molecule has 0 fully saturated rings. The maximum atomic E-state index is 11.3. The lowest BCUT2D eigenvalue weighted by atomic mass is 10.1. The van der Waals surface area contributed by atoms with Crippen molar-refractivity contribution in [3.05, 3.63) is 27.7 Å². The predicted molar refractivity (Wildman–Crippen MR) is 70.7 cm³/mol. The smallest absolute Gasteiger partial charge is 0.225 e. The van der Waals surface area contributed by atoms with Crippen LogP contribution in [0.25, 0.3) is 0 Å². The highest BCUT2D eigenvalue weighted by Gasteiger charge is 2.05. The lowest BCUT2D eigenvalue weighted by molar-refractivity contribution is -0.115. The van der Waals surface area contributed by atoms with Gasteiger partial charge in [-0.3, -0.25) is 4.79 Å². The third-order valence-electron chi connectivity index (χ3n) is 2.06. The van der Waals surface area contributed by atoms with Crippen LogP contribution in [0.15, 0.2) is 16.6 Å². The highest BCUT2D eigenvalue weighted by molar-refractivity contribution is 9.10. The Morgan fingerprint density at radius 2 is 1.93 bits per heavy atom. The number of anilines is 1. The Bertz CT molecular complexity index is 356. The summed E-state index contributed by atoms with van der Waals surface area (Å²) in [5, 5.41) is 2.84. The average Bonchev–Trinajstić information content (AvgIpc) is 2.14. The minimum atomic E-state index is 0.00567. The zero-order valence-corrected chi connectivity index (χ0v) is 11.3. The Balaban J connectivity index is 2.83. The normalized spacial score (nSPS) is 10.1. The first-order valence-electron chi connectivity index (χ1n) is 4.72. The molecule has 0 unspecified atom stereocenters. The van der Waals surface area contributed by atoms with E-state index >= 15 is 0 Å². The molecule has 0 radical (unpaired) electrons. The van der Waals surface area contributed by atoms with Gasteiger partial charge in [-0.25, -0.2) is 0 Å². The monoisotopic (exact) mass is 287 g/mol. The van der Waals surface area contributed by atoms with E-state index in [1.165, 1.54) is 0 Å². The summed E-state index contributed by atoms with van der Waals surface area (Å²) in [4.78, 5) is 11.3. The minimum absolute atomic E-state index is 0.00567. The molecule has 82 valence electrons. The molecule has 1 N–H and O–H groups in total. The van der Waals surface area contributed by atoms with Crippen molar-refractivity contribution < 1.29 is 4.79 Å². The van der Waals surface area contributed by atoms with E-state index in [0.29, 0.717) is 12.2 Å². The highest BCUT2D eigenvalue weighted by Crippen LogP contribution is 2.24. The molecular weight excluding hydrogens is 274 g/mol. The number of aryl methyl sites for hydroxylation is 2. The fourth-order valence-electron chi connectivity index (χ4n) is 1.34. The molecule has 1 amide bonds. The van der Waals surface area contributed by atoms with Gasteiger partial charge in [0.2, 0.25) is 5.91 Å². The summed E-state index contributed by atoms with van der Waals surface area (Å²) in [6.45, 7) is 4.01. The molecule has 0 bridgehead atoms. The fourth-order valence-corrected chi connectivity index (χ4v) is 1.78. The third kappa shape index (κ3) is 3.54. The number of hydrogen-bond donors (Lipinski definition) is 2. The predicted octanol–water partition coefficient (Wildman–Crippen LogP) is 3.32. The first-order chi connectivity index (χ1) is 7.04. The number of rotatable bonds is 3. The van der Waals surface area contributed by atoms with E-state index in [4.69, 9.17) is 0 Å². The number of benzene rings is 1.